The number of hydrogen-bond acceptors (Lipinski definition) is 3. The Morgan fingerprint density at radius 1 is 1.21 bits per heavy atom. The van der Waals surface area contributed by atoms with Crippen LogP contribution in [-0.2, 0) is 26.4 Å². The number of hydrogen-bond donors (Lipinski definition) is 2. The van der Waals surface area contributed by atoms with E-state index in [9.17, 15) is 0 Å². The molecule has 0 fully saturated rings. The number of aromatic nitrogens is 2. The molecule has 0 radical (unpaired) electrons. The van der Waals surface area contributed by atoms with Gasteiger partial charge in [0.2, 0.25) is 0 Å². The fourth-order valence-corrected chi connectivity index (χ4v) is 3.12. The standard InChI is InChI=1S/C22H29N5O.HI/c1-4-21-19(16-27(3)26-21)15-24-22(23-13-12-20-11-8-14-28-20)25-17(2)18-9-6-5-7-10-18;/h5-11,14,16-17H,4,12-13,15H2,1-3H3,(H2,23,24,25);1H. The zero-order valence-corrected chi connectivity index (χ0v) is 19.6. The van der Waals surface area contributed by atoms with Gasteiger partial charge >= 0.3 is 0 Å². The van der Waals surface area contributed by atoms with Crippen LogP contribution in [0.4, 0.5) is 0 Å². The zero-order chi connectivity index (χ0) is 19.8. The number of halogens is 1. The minimum Gasteiger partial charge on any atom is -0.469 e. The molecule has 0 spiro atoms. The molecule has 2 aromatic heterocycles. The predicted octanol–water partition coefficient (Wildman–Crippen LogP) is 4.23. The van der Waals surface area contributed by atoms with Crippen LogP contribution in [0.15, 0.2) is 64.3 Å². The van der Waals surface area contributed by atoms with Gasteiger partial charge in [-0.25, -0.2) is 4.99 Å². The lowest BCUT2D eigenvalue weighted by atomic mass is 10.1. The average Bonchev–Trinajstić information content (AvgIpc) is 3.35. The van der Waals surface area contributed by atoms with E-state index in [0.29, 0.717) is 6.54 Å². The molecule has 0 aliphatic rings. The molecule has 3 aromatic rings. The molecule has 6 nitrogen and oxygen atoms in total. The number of rotatable bonds is 8. The highest BCUT2D eigenvalue weighted by atomic mass is 127. The van der Waals surface area contributed by atoms with Gasteiger partial charge in [0.05, 0.1) is 24.5 Å². The summed E-state index contributed by atoms with van der Waals surface area (Å²) in [5.74, 6) is 1.75. The Labute approximate surface area is 189 Å². The van der Waals surface area contributed by atoms with Gasteiger partial charge in [-0.05, 0) is 31.0 Å². The number of furan rings is 1. The lowest BCUT2D eigenvalue weighted by Crippen LogP contribution is -2.39. The maximum absolute atomic E-state index is 5.42. The van der Waals surface area contributed by atoms with E-state index in [0.717, 1.165) is 42.4 Å². The van der Waals surface area contributed by atoms with Gasteiger partial charge in [-0.1, -0.05) is 37.3 Å². The maximum atomic E-state index is 5.42. The molecule has 156 valence electrons. The second-order valence-corrected chi connectivity index (χ2v) is 6.83. The van der Waals surface area contributed by atoms with E-state index < -0.39 is 0 Å². The summed E-state index contributed by atoms with van der Waals surface area (Å²) in [4.78, 5) is 4.81. The van der Waals surface area contributed by atoms with Crippen molar-refractivity contribution in [2.45, 2.75) is 39.3 Å². The second-order valence-electron chi connectivity index (χ2n) is 6.83. The Kier molecular flexibility index (Phi) is 9.24. The molecule has 1 aromatic carbocycles. The molecule has 2 N–H and O–H groups in total. The van der Waals surface area contributed by atoms with Gasteiger partial charge in [-0.2, -0.15) is 5.10 Å². The van der Waals surface area contributed by atoms with Crippen molar-refractivity contribution in [3.05, 3.63) is 77.5 Å². The Bertz CT molecular complexity index is 874. The third kappa shape index (κ3) is 6.92. The van der Waals surface area contributed by atoms with Crippen LogP contribution in [0, 0.1) is 0 Å². The van der Waals surface area contributed by atoms with Gasteiger partial charge in [0, 0.05) is 31.8 Å². The molecule has 1 unspecified atom stereocenters. The highest BCUT2D eigenvalue weighted by molar-refractivity contribution is 14.0. The Hall–Kier alpha value is -2.29. The van der Waals surface area contributed by atoms with E-state index in [-0.39, 0.29) is 30.0 Å². The minimum atomic E-state index is 0. The fraction of sp³-hybridized carbons (Fsp3) is 0.364. The van der Waals surface area contributed by atoms with E-state index in [2.05, 4.69) is 53.8 Å². The van der Waals surface area contributed by atoms with Crippen LogP contribution in [0.3, 0.4) is 0 Å². The summed E-state index contributed by atoms with van der Waals surface area (Å²) in [6.45, 7) is 5.59. The number of benzene rings is 1. The lowest BCUT2D eigenvalue weighted by Gasteiger charge is -2.18. The Morgan fingerprint density at radius 3 is 2.69 bits per heavy atom. The van der Waals surface area contributed by atoms with Gasteiger partial charge in [0.25, 0.3) is 0 Å². The van der Waals surface area contributed by atoms with E-state index in [1.54, 1.807) is 6.26 Å². The van der Waals surface area contributed by atoms with Crippen molar-refractivity contribution in [2.75, 3.05) is 6.54 Å². The smallest absolute Gasteiger partial charge is 0.192 e. The molecule has 0 saturated carbocycles. The van der Waals surface area contributed by atoms with Crippen molar-refractivity contribution in [2.24, 2.45) is 12.0 Å². The van der Waals surface area contributed by atoms with Crippen molar-refractivity contribution in [1.82, 2.24) is 20.4 Å². The van der Waals surface area contributed by atoms with E-state index >= 15 is 0 Å². The van der Waals surface area contributed by atoms with E-state index in [1.807, 2.05) is 36.1 Å². The quantitative estimate of drug-likeness (QED) is 0.272. The fourth-order valence-electron chi connectivity index (χ4n) is 3.12. The van der Waals surface area contributed by atoms with Crippen LogP contribution in [0.5, 0.6) is 0 Å². The summed E-state index contributed by atoms with van der Waals surface area (Å²) in [6.07, 6.45) is 5.46. The highest BCUT2D eigenvalue weighted by Crippen LogP contribution is 2.12. The monoisotopic (exact) mass is 507 g/mol. The van der Waals surface area contributed by atoms with Gasteiger partial charge in [0.1, 0.15) is 5.76 Å². The van der Waals surface area contributed by atoms with Crippen LogP contribution in [-0.4, -0.2) is 22.3 Å². The summed E-state index contributed by atoms with van der Waals surface area (Å²) in [5.41, 5.74) is 3.47. The Balaban J connectivity index is 0.00000300. The predicted molar refractivity (Wildman–Crippen MR) is 128 cm³/mol. The van der Waals surface area contributed by atoms with Crippen molar-refractivity contribution in [3.8, 4) is 0 Å². The summed E-state index contributed by atoms with van der Waals surface area (Å²) >= 11 is 0. The first-order chi connectivity index (χ1) is 13.7. The molecule has 0 aliphatic heterocycles. The maximum Gasteiger partial charge on any atom is 0.192 e. The number of guanidine groups is 1. The third-order valence-electron chi connectivity index (χ3n) is 4.63. The van der Waals surface area contributed by atoms with Crippen LogP contribution < -0.4 is 10.6 Å². The summed E-state index contributed by atoms with van der Waals surface area (Å²) in [6, 6.07) is 14.4. The third-order valence-corrected chi connectivity index (χ3v) is 4.63. The number of nitrogens with zero attached hydrogens (tertiary/aromatic N) is 3. The SMILES string of the molecule is CCc1nn(C)cc1CN=C(NCCc1ccco1)NC(C)c1ccccc1.I. The number of aryl methyl sites for hydroxylation is 2. The summed E-state index contributed by atoms with van der Waals surface area (Å²) in [5, 5.41) is 11.4. The molecule has 1 atom stereocenters. The zero-order valence-electron chi connectivity index (χ0n) is 17.3. The van der Waals surface area contributed by atoms with Crippen molar-refractivity contribution in [1.29, 1.82) is 0 Å². The first-order valence-electron chi connectivity index (χ1n) is 9.79. The van der Waals surface area contributed by atoms with Gasteiger partial charge in [0.15, 0.2) is 5.96 Å². The van der Waals surface area contributed by atoms with Gasteiger partial charge < -0.3 is 15.1 Å². The first-order valence-corrected chi connectivity index (χ1v) is 9.79. The molecule has 0 amide bonds. The molecule has 0 saturated heterocycles. The molecule has 0 aliphatic carbocycles. The summed E-state index contributed by atoms with van der Waals surface area (Å²) in [7, 11) is 1.95. The number of nitrogens with one attached hydrogen (secondary N) is 2. The topological polar surface area (TPSA) is 67.4 Å². The lowest BCUT2D eigenvalue weighted by molar-refractivity contribution is 0.506. The molecule has 2 heterocycles. The Morgan fingerprint density at radius 2 is 2.00 bits per heavy atom. The van der Waals surface area contributed by atoms with Crippen molar-refractivity contribution in [3.63, 3.8) is 0 Å². The molecule has 7 heteroatoms. The van der Waals surface area contributed by atoms with Crippen molar-refractivity contribution >= 4 is 29.9 Å². The summed E-state index contributed by atoms with van der Waals surface area (Å²) < 4.78 is 7.27. The molecular weight excluding hydrogens is 477 g/mol. The number of aliphatic imine (C=N–C) groups is 1. The van der Waals surface area contributed by atoms with Gasteiger partial charge in [-0.15, -0.1) is 24.0 Å². The first kappa shape index (κ1) is 23.0. The molecule has 0 bridgehead atoms. The van der Waals surface area contributed by atoms with Crippen LogP contribution >= 0.6 is 24.0 Å². The van der Waals surface area contributed by atoms with E-state index in [4.69, 9.17) is 9.41 Å². The highest BCUT2D eigenvalue weighted by Gasteiger charge is 2.10. The molecule has 3 rings (SSSR count). The van der Waals surface area contributed by atoms with Crippen LogP contribution in [0.2, 0.25) is 0 Å². The molecule has 29 heavy (non-hydrogen) atoms. The largest absolute Gasteiger partial charge is 0.469 e. The normalized spacial score (nSPS) is 12.3. The van der Waals surface area contributed by atoms with Crippen LogP contribution in [0.1, 0.15) is 42.5 Å². The second kappa shape index (κ2) is 11.6. The average molecular weight is 507 g/mol. The minimum absolute atomic E-state index is 0. The van der Waals surface area contributed by atoms with Gasteiger partial charge in [-0.3, -0.25) is 4.68 Å². The van der Waals surface area contributed by atoms with Crippen LogP contribution in [0.25, 0.3) is 0 Å². The van der Waals surface area contributed by atoms with E-state index in [1.165, 1.54) is 5.56 Å². The van der Waals surface area contributed by atoms with Crippen molar-refractivity contribution < 1.29 is 4.42 Å². The molecular formula is C22H30IN5O.